The van der Waals surface area contributed by atoms with E-state index in [1.54, 1.807) is 7.11 Å². The molecule has 106 valence electrons. The molecule has 1 aliphatic carbocycles. The molecule has 0 bridgehead atoms. The zero-order valence-electron chi connectivity index (χ0n) is 12.7. The minimum Gasteiger partial charge on any atom is -0.373 e. The van der Waals surface area contributed by atoms with Crippen molar-refractivity contribution in [1.82, 2.24) is 15.3 Å². The summed E-state index contributed by atoms with van der Waals surface area (Å²) in [5, 5.41) is 3.43. The Morgan fingerprint density at radius 2 is 1.79 bits per heavy atom. The van der Waals surface area contributed by atoms with Crippen molar-refractivity contribution in [2.75, 3.05) is 7.11 Å². The molecule has 0 amide bonds. The van der Waals surface area contributed by atoms with Crippen molar-refractivity contribution in [1.29, 1.82) is 0 Å². The fourth-order valence-electron chi connectivity index (χ4n) is 2.36. The standard InChI is InChI=1S/C15H25N3O/c1-9(2)16-8-13-10(3)17-15(18-11(13)4)14(19-5)12-6-7-12/h9,12,14,16H,6-8H2,1-5H3. The summed E-state index contributed by atoms with van der Waals surface area (Å²) in [4.78, 5) is 9.34. The number of hydrogen-bond acceptors (Lipinski definition) is 4. The maximum atomic E-state index is 5.57. The van der Waals surface area contributed by atoms with E-state index >= 15 is 0 Å². The van der Waals surface area contributed by atoms with Gasteiger partial charge in [0.05, 0.1) is 0 Å². The minimum absolute atomic E-state index is 0.0736. The molecule has 4 nitrogen and oxygen atoms in total. The lowest BCUT2D eigenvalue weighted by molar-refractivity contribution is 0.0768. The highest BCUT2D eigenvalue weighted by Gasteiger charge is 2.34. The van der Waals surface area contributed by atoms with Gasteiger partial charge in [-0.15, -0.1) is 0 Å². The van der Waals surface area contributed by atoms with Gasteiger partial charge in [0.2, 0.25) is 0 Å². The number of hydrogen-bond donors (Lipinski definition) is 1. The third-order valence-corrected chi connectivity index (χ3v) is 3.68. The first kappa shape index (κ1) is 14.4. The Hall–Kier alpha value is -1.00. The molecule has 1 aromatic heterocycles. The molecule has 1 fully saturated rings. The third-order valence-electron chi connectivity index (χ3n) is 3.68. The summed E-state index contributed by atoms with van der Waals surface area (Å²) >= 11 is 0. The fraction of sp³-hybridized carbons (Fsp3) is 0.733. The van der Waals surface area contributed by atoms with Crippen molar-refractivity contribution in [3.05, 3.63) is 22.8 Å². The van der Waals surface area contributed by atoms with Gasteiger partial charge < -0.3 is 10.1 Å². The number of ether oxygens (including phenoxy) is 1. The quantitative estimate of drug-likeness (QED) is 0.857. The van der Waals surface area contributed by atoms with Gasteiger partial charge in [0.15, 0.2) is 5.82 Å². The van der Waals surface area contributed by atoms with E-state index in [1.807, 2.05) is 0 Å². The normalized spacial score (nSPS) is 16.9. The van der Waals surface area contributed by atoms with Gasteiger partial charge in [-0.25, -0.2) is 9.97 Å². The van der Waals surface area contributed by atoms with Gasteiger partial charge in [-0.2, -0.15) is 0 Å². The maximum absolute atomic E-state index is 5.57. The second-order valence-electron chi connectivity index (χ2n) is 5.76. The lowest BCUT2D eigenvalue weighted by atomic mass is 10.1. The molecule has 4 heteroatoms. The van der Waals surface area contributed by atoms with E-state index in [4.69, 9.17) is 4.74 Å². The first-order chi connectivity index (χ1) is 9.02. The zero-order valence-corrected chi connectivity index (χ0v) is 12.7. The highest BCUT2D eigenvalue weighted by Crippen LogP contribution is 2.42. The molecule has 1 aliphatic rings. The zero-order chi connectivity index (χ0) is 14.0. The molecule has 0 aromatic carbocycles. The van der Waals surface area contributed by atoms with E-state index in [2.05, 4.69) is 43.0 Å². The lowest BCUT2D eigenvalue weighted by Gasteiger charge is -2.17. The Balaban J connectivity index is 2.20. The predicted molar refractivity (Wildman–Crippen MR) is 76.0 cm³/mol. The fourth-order valence-corrected chi connectivity index (χ4v) is 2.36. The van der Waals surface area contributed by atoms with Gasteiger partial charge in [0.25, 0.3) is 0 Å². The van der Waals surface area contributed by atoms with Gasteiger partial charge >= 0.3 is 0 Å². The van der Waals surface area contributed by atoms with Gasteiger partial charge in [-0.05, 0) is 32.6 Å². The van der Waals surface area contributed by atoms with Crippen LogP contribution in [-0.4, -0.2) is 23.1 Å². The van der Waals surface area contributed by atoms with Crippen LogP contribution < -0.4 is 5.32 Å². The highest BCUT2D eigenvalue weighted by atomic mass is 16.5. The van der Waals surface area contributed by atoms with Crippen molar-refractivity contribution in [2.45, 2.75) is 59.2 Å². The topological polar surface area (TPSA) is 47.0 Å². The second-order valence-corrected chi connectivity index (χ2v) is 5.76. The largest absolute Gasteiger partial charge is 0.373 e. The van der Waals surface area contributed by atoms with Crippen LogP contribution in [0.15, 0.2) is 0 Å². The Morgan fingerprint density at radius 3 is 2.21 bits per heavy atom. The molecule has 0 aliphatic heterocycles. The summed E-state index contributed by atoms with van der Waals surface area (Å²) in [5.41, 5.74) is 3.35. The summed E-state index contributed by atoms with van der Waals surface area (Å²) in [6, 6.07) is 0.469. The molecular weight excluding hydrogens is 238 g/mol. The van der Waals surface area contributed by atoms with Crippen molar-refractivity contribution in [2.24, 2.45) is 5.92 Å². The van der Waals surface area contributed by atoms with Gasteiger partial charge in [0, 0.05) is 36.6 Å². The van der Waals surface area contributed by atoms with Crippen LogP contribution in [0.25, 0.3) is 0 Å². The first-order valence-corrected chi connectivity index (χ1v) is 7.13. The Morgan fingerprint density at radius 1 is 1.21 bits per heavy atom. The molecule has 1 aromatic rings. The van der Waals surface area contributed by atoms with E-state index in [0.29, 0.717) is 12.0 Å². The predicted octanol–water partition coefficient (Wildman–Crippen LogP) is 2.69. The summed E-state index contributed by atoms with van der Waals surface area (Å²) in [5.74, 6) is 1.47. The van der Waals surface area contributed by atoms with Crippen LogP contribution in [0.3, 0.4) is 0 Å². The SMILES string of the molecule is COC(c1nc(C)c(CNC(C)C)c(C)n1)C1CC1. The van der Waals surface area contributed by atoms with E-state index in [9.17, 15) is 0 Å². The number of methoxy groups -OCH3 is 1. The number of nitrogens with zero attached hydrogens (tertiary/aromatic N) is 2. The van der Waals surface area contributed by atoms with Gasteiger partial charge in [0.1, 0.15) is 6.10 Å². The molecule has 1 saturated carbocycles. The Labute approximate surface area is 116 Å². The summed E-state index contributed by atoms with van der Waals surface area (Å²) < 4.78 is 5.57. The van der Waals surface area contributed by atoms with E-state index in [0.717, 1.165) is 23.8 Å². The molecule has 0 radical (unpaired) electrons. The van der Waals surface area contributed by atoms with Crippen molar-refractivity contribution in [3.8, 4) is 0 Å². The molecular formula is C15H25N3O. The second kappa shape index (κ2) is 5.97. The molecule has 1 unspecified atom stereocenters. The maximum Gasteiger partial charge on any atom is 0.157 e. The number of aromatic nitrogens is 2. The minimum atomic E-state index is 0.0736. The number of rotatable bonds is 6. The van der Waals surface area contributed by atoms with Crippen LogP contribution in [0.5, 0.6) is 0 Å². The van der Waals surface area contributed by atoms with Crippen molar-refractivity contribution in [3.63, 3.8) is 0 Å². The monoisotopic (exact) mass is 263 g/mol. The van der Waals surface area contributed by atoms with Crippen LogP contribution in [0, 0.1) is 19.8 Å². The van der Waals surface area contributed by atoms with Crippen LogP contribution >= 0.6 is 0 Å². The average molecular weight is 263 g/mol. The molecule has 2 rings (SSSR count). The van der Waals surface area contributed by atoms with Gasteiger partial charge in [-0.1, -0.05) is 13.8 Å². The summed E-state index contributed by atoms with van der Waals surface area (Å²) in [7, 11) is 1.76. The number of aryl methyl sites for hydroxylation is 2. The Bertz CT molecular complexity index is 418. The Kier molecular flexibility index (Phi) is 4.53. The first-order valence-electron chi connectivity index (χ1n) is 7.13. The van der Waals surface area contributed by atoms with Crippen molar-refractivity contribution >= 4 is 0 Å². The third kappa shape index (κ3) is 3.51. The van der Waals surface area contributed by atoms with E-state index < -0.39 is 0 Å². The summed E-state index contributed by atoms with van der Waals surface area (Å²) in [6.45, 7) is 9.25. The number of nitrogens with one attached hydrogen (secondary N) is 1. The highest BCUT2D eigenvalue weighted by molar-refractivity contribution is 5.25. The molecule has 1 heterocycles. The molecule has 1 atom stereocenters. The average Bonchev–Trinajstić information content (AvgIpc) is 3.13. The van der Waals surface area contributed by atoms with Crippen LogP contribution in [-0.2, 0) is 11.3 Å². The molecule has 19 heavy (non-hydrogen) atoms. The lowest BCUT2D eigenvalue weighted by Crippen LogP contribution is -2.24. The molecule has 0 spiro atoms. The smallest absolute Gasteiger partial charge is 0.157 e. The van der Waals surface area contributed by atoms with Gasteiger partial charge in [-0.3, -0.25) is 0 Å². The van der Waals surface area contributed by atoms with Crippen LogP contribution in [0.1, 0.15) is 55.6 Å². The van der Waals surface area contributed by atoms with E-state index in [1.165, 1.54) is 18.4 Å². The van der Waals surface area contributed by atoms with E-state index in [-0.39, 0.29) is 6.10 Å². The molecule has 1 N–H and O–H groups in total. The summed E-state index contributed by atoms with van der Waals surface area (Å²) in [6.07, 6.45) is 2.54. The van der Waals surface area contributed by atoms with Crippen molar-refractivity contribution < 1.29 is 4.74 Å². The van der Waals surface area contributed by atoms with Crippen LogP contribution in [0.2, 0.25) is 0 Å². The van der Waals surface area contributed by atoms with Crippen LogP contribution in [0.4, 0.5) is 0 Å². The molecule has 0 saturated heterocycles.